The molecule has 3 heterocycles. The van der Waals surface area contributed by atoms with Crippen molar-refractivity contribution in [2.24, 2.45) is 0 Å². The number of hydrogen-bond donors (Lipinski definition) is 0. The second kappa shape index (κ2) is 6.71. The highest BCUT2D eigenvalue weighted by atomic mass is 16.5. The van der Waals surface area contributed by atoms with E-state index in [2.05, 4.69) is 15.1 Å². The molecule has 1 fully saturated rings. The van der Waals surface area contributed by atoms with Gasteiger partial charge >= 0.3 is 0 Å². The van der Waals surface area contributed by atoms with Gasteiger partial charge in [-0.1, -0.05) is 5.16 Å². The molecule has 1 amide bonds. The van der Waals surface area contributed by atoms with Gasteiger partial charge in [-0.2, -0.15) is 0 Å². The van der Waals surface area contributed by atoms with Crippen LogP contribution in [-0.4, -0.2) is 39.0 Å². The van der Waals surface area contributed by atoms with Crippen LogP contribution in [0.3, 0.4) is 0 Å². The van der Waals surface area contributed by atoms with E-state index in [1.807, 2.05) is 38.7 Å². The summed E-state index contributed by atoms with van der Waals surface area (Å²) in [6.45, 7) is 9.27. The van der Waals surface area contributed by atoms with Crippen LogP contribution in [-0.2, 0) is 11.2 Å². The van der Waals surface area contributed by atoms with Crippen LogP contribution >= 0.6 is 0 Å². The first-order chi connectivity index (χ1) is 11.4. The standard InChI is InChI=1S/C18H24N4O2/c1-11-9-12(2)20-18(19-11)15-7-8-22(10-15)17(23)6-5-16-13(3)21-24-14(16)4/h9,15H,5-8,10H2,1-4H3/t15-/m0/s1. The molecule has 0 aromatic carbocycles. The summed E-state index contributed by atoms with van der Waals surface area (Å²) in [6.07, 6.45) is 2.10. The van der Waals surface area contributed by atoms with Gasteiger partial charge in [0.25, 0.3) is 0 Å². The van der Waals surface area contributed by atoms with Gasteiger partial charge in [-0.15, -0.1) is 0 Å². The largest absolute Gasteiger partial charge is 0.361 e. The average molecular weight is 328 g/mol. The Morgan fingerprint density at radius 3 is 2.58 bits per heavy atom. The molecule has 24 heavy (non-hydrogen) atoms. The SMILES string of the molecule is Cc1cc(C)nc([C@H]2CCN(C(=O)CCc3c(C)noc3C)C2)n1. The molecule has 0 saturated carbocycles. The molecule has 6 nitrogen and oxygen atoms in total. The zero-order valence-corrected chi connectivity index (χ0v) is 14.8. The van der Waals surface area contributed by atoms with Crippen molar-refractivity contribution in [3.05, 3.63) is 40.3 Å². The van der Waals surface area contributed by atoms with E-state index in [1.165, 1.54) is 0 Å². The topological polar surface area (TPSA) is 72.1 Å². The molecule has 0 spiro atoms. The van der Waals surface area contributed by atoms with Crippen LogP contribution in [0.15, 0.2) is 10.6 Å². The molecule has 0 N–H and O–H groups in total. The minimum absolute atomic E-state index is 0.182. The summed E-state index contributed by atoms with van der Waals surface area (Å²) in [5.41, 5.74) is 3.90. The van der Waals surface area contributed by atoms with Gasteiger partial charge in [0.05, 0.1) is 5.69 Å². The molecule has 128 valence electrons. The molecule has 1 aliphatic rings. The van der Waals surface area contributed by atoms with E-state index in [4.69, 9.17) is 4.52 Å². The summed E-state index contributed by atoms with van der Waals surface area (Å²) in [6, 6.07) is 1.98. The number of hydrogen-bond acceptors (Lipinski definition) is 5. The van der Waals surface area contributed by atoms with Gasteiger partial charge in [0.1, 0.15) is 11.6 Å². The minimum atomic E-state index is 0.182. The molecule has 1 saturated heterocycles. The molecule has 6 heteroatoms. The fraction of sp³-hybridized carbons (Fsp3) is 0.556. The summed E-state index contributed by atoms with van der Waals surface area (Å²) < 4.78 is 5.16. The lowest BCUT2D eigenvalue weighted by Gasteiger charge is -2.16. The molecule has 3 rings (SSSR count). The second-order valence-corrected chi connectivity index (χ2v) is 6.64. The van der Waals surface area contributed by atoms with Crippen molar-refractivity contribution in [1.82, 2.24) is 20.0 Å². The Labute approximate surface area is 142 Å². The summed E-state index contributed by atoms with van der Waals surface area (Å²) in [4.78, 5) is 23.5. The molecule has 0 unspecified atom stereocenters. The average Bonchev–Trinajstić information content (AvgIpc) is 3.12. The first-order valence-electron chi connectivity index (χ1n) is 8.45. The summed E-state index contributed by atoms with van der Waals surface area (Å²) in [5.74, 6) is 2.10. The van der Waals surface area contributed by atoms with Gasteiger partial charge in [-0.3, -0.25) is 4.79 Å². The quantitative estimate of drug-likeness (QED) is 0.863. The number of aryl methyl sites for hydroxylation is 4. The van der Waals surface area contributed by atoms with Crippen LogP contribution < -0.4 is 0 Å². The van der Waals surface area contributed by atoms with E-state index in [-0.39, 0.29) is 11.8 Å². The van der Waals surface area contributed by atoms with Gasteiger partial charge in [-0.05, 0) is 46.6 Å². The molecule has 1 atom stereocenters. The van der Waals surface area contributed by atoms with Crippen LogP contribution in [0, 0.1) is 27.7 Å². The van der Waals surface area contributed by atoms with Crippen LogP contribution in [0.5, 0.6) is 0 Å². The molecule has 2 aromatic heterocycles. The third-order valence-corrected chi connectivity index (χ3v) is 4.68. The normalized spacial score (nSPS) is 17.5. The Morgan fingerprint density at radius 1 is 1.25 bits per heavy atom. The van der Waals surface area contributed by atoms with Crippen LogP contribution in [0.25, 0.3) is 0 Å². The molecule has 0 radical (unpaired) electrons. The molecule has 2 aromatic rings. The van der Waals surface area contributed by atoms with Crippen LogP contribution in [0.2, 0.25) is 0 Å². The predicted octanol–water partition coefficient (Wildman–Crippen LogP) is 2.65. The Bertz CT molecular complexity index is 714. The fourth-order valence-electron chi connectivity index (χ4n) is 3.38. The maximum absolute atomic E-state index is 12.5. The predicted molar refractivity (Wildman–Crippen MR) is 89.7 cm³/mol. The van der Waals surface area contributed by atoms with Gasteiger partial charge in [0.2, 0.25) is 5.91 Å². The summed E-state index contributed by atoms with van der Waals surface area (Å²) >= 11 is 0. The smallest absolute Gasteiger partial charge is 0.222 e. The zero-order valence-electron chi connectivity index (χ0n) is 14.8. The number of nitrogens with zero attached hydrogens (tertiary/aromatic N) is 4. The number of carbonyl (C=O) groups excluding carboxylic acids is 1. The van der Waals surface area contributed by atoms with Crippen molar-refractivity contribution < 1.29 is 9.32 Å². The van der Waals surface area contributed by atoms with Crippen molar-refractivity contribution in [2.45, 2.75) is 52.9 Å². The van der Waals surface area contributed by atoms with Gasteiger partial charge in [-0.25, -0.2) is 9.97 Å². The van der Waals surface area contributed by atoms with Crippen molar-refractivity contribution >= 4 is 5.91 Å². The summed E-state index contributed by atoms with van der Waals surface area (Å²) in [7, 11) is 0. The molecule has 0 aliphatic carbocycles. The third-order valence-electron chi connectivity index (χ3n) is 4.68. The lowest BCUT2D eigenvalue weighted by molar-refractivity contribution is -0.130. The van der Waals surface area contributed by atoms with E-state index in [0.717, 1.165) is 47.2 Å². The number of carbonyl (C=O) groups is 1. The highest BCUT2D eigenvalue weighted by Crippen LogP contribution is 2.26. The highest BCUT2D eigenvalue weighted by Gasteiger charge is 2.29. The maximum Gasteiger partial charge on any atom is 0.222 e. The van der Waals surface area contributed by atoms with Crippen LogP contribution in [0.1, 0.15) is 53.0 Å². The molecular weight excluding hydrogens is 304 g/mol. The Morgan fingerprint density at radius 2 is 1.96 bits per heavy atom. The Hall–Kier alpha value is -2.24. The molecule has 1 aliphatic heterocycles. The summed E-state index contributed by atoms with van der Waals surface area (Å²) in [5, 5.41) is 3.94. The molecular formula is C18H24N4O2. The Balaban J connectivity index is 1.60. The number of amides is 1. The van der Waals surface area contributed by atoms with E-state index in [0.29, 0.717) is 19.4 Å². The molecule has 0 bridgehead atoms. The number of rotatable bonds is 4. The first-order valence-corrected chi connectivity index (χ1v) is 8.45. The fourth-order valence-corrected chi connectivity index (χ4v) is 3.38. The van der Waals surface area contributed by atoms with Crippen molar-refractivity contribution in [2.75, 3.05) is 13.1 Å². The van der Waals surface area contributed by atoms with E-state index < -0.39 is 0 Å². The monoisotopic (exact) mass is 328 g/mol. The van der Waals surface area contributed by atoms with Crippen LogP contribution in [0.4, 0.5) is 0 Å². The van der Waals surface area contributed by atoms with E-state index in [1.54, 1.807) is 0 Å². The lowest BCUT2D eigenvalue weighted by Crippen LogP contribution is -2.29. The number of aromatic nitrogens is 3. The third kappa shape index (κ3) is 3.47. The minimum Gasteiger partial charge on any atom is -0.361 e. The van der Waals surface area contributed by atoms with Crippen molar-refractivity contribution in [3.8, 4) is 0 Å². The van der Waals surface area contributed by atoms with E-state index >= 15 is 0 Å². The van der Waals surface area contributed by atoms with Crippen molar-refractivity contribution in [1.29, 1.82) is 0 Å². The maximum atomic E-state index is 12.5. The van der Waals surface area contributed by atoms with Gasteiger partial charge in [0.15, 0.2) is 0 Å². The Kier molecular flexibility index (Phi) is 4.64. The second-order valence-electron chi connectivity index (χ2n) is 6.64. The van der Waals surface area contributed by atoms with Crippen molar-refractivity contribution in [3.63, 3.8) is 0 Å². The lowest BCUT2D eigenvalue weighted by atomic mass is 10.1. The van der Waals surface area contributed by atoms with Gasteiger partial charge in [0, 0.05) is 42.4 Å². The first kappa shape index (κ1) is 16.6. The van der Waals surface area contributed by atoms with E-state index in [9.17, 15) is 4.79 Å². The van der Waals surface area contributed by atoms with Gasteiger partial charge < -0.3 is 9.42 Å². The number of likely N-dealkylation sites (tertiary alicyclic amines) is 1. The highest BCUT2D eigenvalue weighted by molar-refractivity contribution is 5.77. The zero-order chi connectivity index (χ0) is 17.3.